The highest BCUT2D eigenvalue weighted by Gasteiger charge is 2.55. The highest BCUT2D eigenvalue weighted by atomic mass is 16.5. The smallest absolute Gasteiger partial charge is 0.339 e. The molecule has 1 aromatic heterocycles. The summed E-state index contributed by atoms with van der Waals surface area (Å²) in [4.78, 5) is 22.7. The van der Waals surface area contributed by atoms with Gasteiger partial charge in [-0.15, -0.1) is 0 Å². The zero-order chi connectivity index (χ0) is 23.8. The van der Waals surface area contributed by atoms with Gasteiger partial charge in [0.15, 0.2) is 0 Å². The monoisotopic (exact) mass is 463 g/mol. The summed E-state index contributed by atoms with van der Waals surface area (Å²) in [5.74, 6) is 2.00. The standard InChI is InChI=1S/C27H37N5O2/c1-30(2)27(22-10-5-4-6-11-22)16-14-26(15-17-27)20-32(25(33)31(26)19-21-8-7-9-21)29-24-13-12-23(34-3)18-28-24/h4-6,10-13,18,21H,7-9,14-17,19-20H2,1-3H3,(H,28,29). The van der Waals surface area contributed by atoms with Gasteiger partial charge in [-0.2, -0.15) is 0 Å². The number of hydrogen-bond donors (Lipinski definition) is 1. The molecule has 3 aliphatic rings. The van der Waals surface area contributed by atoms with Crippen LogP contribution in [0.2, 0.25) is 0 Å². The molecule has 182 valence electrons. The van der Waals surface area contributed by atoms with E-state index in [1.165, 1.54) is 24.8 Å². The van der Waals surface area contributed by atoms with Gasteiger partial charge in [-0.25, -0.2) is 14.8 Å². The molecular weight excluding hydrogens is 426 g/mol. The Bertz CT molecular complexity index is 982. The summed E-state index contributed by atoms with van der Waals surface area (Å²) in [5, 5.41) is 1.79. The molecule has 1 saturated heterocycles. The molecule has 7 nitrogen and oxygen atoms in total. The second kappa shape index (κ2) is 9.10. The van der Waals surface area contributed by atoms with Gasteiger partial charge < -0.3 is 9.64 Å². The van der Waals surface area contributed by atoms with E-state index < -0.39 is 0 Å². The van der Waals surface area contributed by atoms with Gasteiger partial charge in [-0.05, 0) is 76.2 Å². The number of carbonyl (C=O) groups is 1. The fourth-order valence-corrected chi connectivity index (χ4v) is 6.09. The number of ether oxygens (including phenoxy) is 1. The van der Waals surface area contributed by atoms with Crippen LogP contribution in [0.4, 0.5) is 10.6 Å². The number of nitrogens with zero attached hydrogens (tertiary/aromatic N) is 4. The van der Waals surface area contributed by atoms with E-state index in [1.807, 2.05) is 12.1 Å². The number of urea groups is 1. The normalized spacial score (nSPS) is 27.4. The highest BCUT2D eigenvalue weighted by molar-refractivity contribution is 5.79. The zero-order valence-corrected chi connectivity index (χ0v) is 20.7. The molecule has 0 unspecified atom stereocenters. The summed E-state index contributed by atoms with van der Waals surface area (Å²) >= 11 is 0. The quantitative estimate of drug-likeness (QED) is 0.644. The first-order chi connectivity index (χ1) is 16.5. The summed E-state index contributed by atoms with van der Waals surface area (Å²) in [6, 6.07) is 14.7. The minimum atomic E-state index is -0.138. The third kappa shape index (κ3) is 4.00. The molecule has 2 aromatic rings. The second-order valence-electron chi connectivity index (χ2n) is 10.5. The third-order valence-corrected chi connectivity index (χ3v) is 8.55. The van der Waals surface area contributed by atoms with Crippen LogP contribution in [0.1, 0.15) is 50.5 Å². The number of benzene rings is 1. The maximum Gasteiger partial charge on any atom is 0.339 e. The van der Waals surface area contributed by atoms with Crippen LogP contribution in [0.15, 0.2) is 48.7 Å². The largest absolute Gasteiger partial charge is 0.495 e. The number of rotatable bonds is 7. The van der Waals surface area contributed by atoms with Crippen molar-refractivity contribution >= 4 is 11.8 Å². The van der Waals surface area contributed by atoms with E-state index in [1.54, 1.807) is 18.3 Å². The highest BCUT2D eigenvalue weighted by Crippen LogP contribution is 2.49. The van der Waals surface area contributed by atoms with Crippen LogP contribution in [0.5, 0.6) is 5.75 Å². The lowest BCUT2D eigenvalue weighted by molar-refractivity contribution is 0.0162. The average Bonchev–Trinajstić information content (AvgIpc) is 3.08. The van der Waals surface area contributed by atoms with Crippen LogP contribution in [-0.2, 0) is 5.54 Å². The Labute approximate surface area is 203 Å². The number of methoxy groups -OCH3 is 1. The number of aromatic nitrogens is 1. The van der Waals surface area contributed by atoms with Crippen molar-refractivity contribution in [2.24, 2.45) is 5.92 Å². The molecule has 5 rings (SSSR count). The zero-order valence-electron chi connectivity index (χ0n) is 20.7. The number of anilines is 1. The predicted octanol–water partition coefficient (Wildman–Crippen LogP) is 4.72. The van der Waals surface area contributed by atoms with Crippen molar-refractivity contribution in [2.45, 2.75) is 56.0 Å². The predicted molar refractivity (Wildman–Crippen MR) is 134 cm³/mol. The molecule has 1 N–H and O–H groups in total. The van der Waals surface area contributed by atoms with Crippen LogP contribution in [0.3, 0.4) is 0 Å². The summed E-state index contributed by atoms with van der Waals surface area (Å²) in [5.41, 5.74) is 4.54. The molecule has 1 aliphatic heterocycles. The van der Waals surface area contributed by atoms with Crippen LogP contribution < -0.4 is 10.2 Å². The van der Waals surface area contributed by atoms with E-state index in [0.717, 1.165) is 32.2 Å². The van der Waals surface area contributed by atoms with E-state index in [-0.39, 0.29) is 17.1 Å². The molecule has 2 heterocycles. The van der Waals surface area contributed by atoms with Crippen molar-refractivity contribution in [3.8, 4) is 5.75 Å². The topological polar surface area (TPSA) is 60.9 Å². The minimum absolute atomic E-state index is 0.0100. The molecule has 1 spiro atoms. The Kier molecular flexibility index (Phi) is 6.15. The molecule has 0 atom stereocenters. The Hall–Kier alpha value is -2.80. The molecule has 2 amide bonds. The Morgan fingerprint density at radius 3 is 2.38 bits per heavy atom. The van der Waals surface area contributed by atoms with Crippen molar-refractivity contribution in [3.05, 3.63) is 54.2 Å². The van der Waals surface area contributed by atoms with Gasteiger partial charge in [0.1, 0.15) is 11.6 Å². The number of nitrogens with one attached hydrogen (secondary N) is 1. The molecule has 1 aromatic carbocycles. The lowest BCUT2D eigenvalue weighted by atomic mass is 9.68. The van der Waals surface area contributed by atoms with Crippen molar-refractivity contribution < 1.29 is 9.53 Å². The lowest BCUT2D eigenvalue weighted by Crippen LogP contribution is -2.56. The average molecular weight is 464 g/mol. The number of hydrazine groups is 1. The van der Waals surface area contributed by atoms with Crippen LogP contribution in [0.25, 0.3) is 0 Å². The minimum Gasteiger partial charge on any atom is -0.495 e. The van der Waals surface area contributed by atoms with Gasteiger partial charge in [-0.3, -0.25) is 10.3 Å². The summed E-state index contributed by atoms with van der Waals surface area (Å²) in [6.07, 6.45) is 9.49. The number of amides is 2. The van der Waals surface area contributed by atoms with Gasteiger partial charge in [0.2, 0.25) is 0 Å². The molecule has 0 radical (unpaired) electrons. The number of hydrogen-bond acceptors (Lipinski definition) is 5. The Morgan fingerprint density at radius 1 is 1.09 bits per heavy atom. The summed E-state index contributed by atoms with van der Waals surface area (Å²) in [6.45, 7) is 1.55. The third-order valence-electron chi connectivity index (χ3n) is 8.55. The van der Waals surface area contributed by atoms with E-state index >= 15 is 0 Å². The Balaban J connectivity index is 1.38. The number of pyridine rings is 1. The van der Waals surface area contributed by atoms with Crippen LogP contribution in [-0.4, -0.2) is 65.7 Å². The lowest BCUT2D eigenvalue weighted by Gasteiger charge is -2.51. The first kappa shape index (κ1) is 23.0. The van der Waals surface area contributed by atoms with Gasteiger partial charge in [0.25, 0.3) is 0 Å². The van der Waals surface area contributed by atoms with Crippen molar-refractivity contribution in [1.82, 2.24) is 19.8 Å². The van der Waals surface area contributed by atoms with Gasteiger partial charge >= 0.3 is 6.03 Å². The fraction of sp³-hybridized carbons (Fsp3) is 0.556. The molecule has 3 fully saturated rings. The fourth-order valence-electron chi connectivity index (χ4n) is 6.09. The number of carbonyl (C=O) groups excluding carboxylic acids is 1. The van der Waals surface area contributed by atoms with Gasteiger partial charge in [0, 0.05) is 12.1 Å². The SMILES string of the molecule is COc1ccc(NN2CC3(CCC(c4ccccc4)(N(C)C)CC3)N(CC3CCC3)C2=O)nc1. The van der Waals surface area contributed by atoms with Gasteiger partial charge in [0.05, 0.1) is 25.4 Å². The second-order valence-corrected chi connectivity index (χ2v) is 10.5. The first-order valence-corrected chi connectivity index (χ1v) is 12.5. The molecule has 2 aliphatic carbocycles. The van der Waals surface area contributed by atoms with Crippen molar-refractivity contribution in [2.75, 3.05) is 39.7 Å². The Morgan fingerprint density at radius 2 is 1.82 bits per heavy atom. The van der Waals surface area contributed by atoms with E-state index in [4.69, 9.17) is 4.74 Å². The van der Waals surface area contributed by atoms with E-state index in [0.29, 0.717) is 24.0 Å². The molecule has 0 bridgehead atoms. The molecular formula is C27H37N5O2. The van der Waals surface area contributed by atoms with Crippen LogP contribution >= 0.6 is 0 Å². The van der Waals surface area contributed by atoms with Crippen LogP contribution in [0, 0.1) is 5.92 Å². The van der Waals surface area contributed by atoms with Crippen molar-refractivity contribution in [3.63, 3.8) is 0 Å². The molecule has 7 heteroatoms. The first-order valence-electron chi connectivity index (χ1n) is 12.5. The van der Waals surface area contributed by atoms with E-state index in [2.05, 4.69) is 64.6 Å². The van der Waals surface area contributed by atoms with Crippen molar-refractivity contribution in [1.29, 1.82) is 0 Å². The maximum absolute atomic E-state index is 13.7. The summed E-state index contributed by atoms with van der Waals surface area (Å²) in [7, 11) is 6.02. The summed E-state index contributed by atoms with van der Waals surface area (Å²) < 4.78 is 5.22. The van der Waals surface area contributed by atoms with E-state index in [9.17, 15) is 4.79 Å². The maximum atomic E-state index is 13.7. The molecule has 34 heavy (non-hydrogen) atoms. The molecule has 2 saturated carbocycles. The van der Waals surface area contributed by atoms with Gasteiger partial charge in [-0.1, -0.05) is 36.8 Å².